The third-order valence-electron chi connectivity index (χ3n) is 4.53. The van der Waals surface area contributed by atoms with E-state index in [1.54, 1.807) is 6.07 Å². The third-order valence-corrected chi connectivity index (χ3v) is 5.88. The molecule has 168 valence electrons. The van der Waals surface area contributed by atoms with Gasteiger partial charge in [-0.05, 0) is 62.4 Å². The van der Waals surface area contributed by atoms with Crippen LogP contribution in [0.4, 0.5) is 14.5 Å². The van der Waals surface area contributed by atoms with Gasteiger partial charge in [0, 0.05) is 21.6 Å². The smallest absolute Gasteiger partial charge is 0.278 e. The first-order valence-corrected chi connectivity index (χ1v) is 11.5. The summed E-state index contributed by atoms with van der Waals surface area (Å²) >= 11 is 4.49. The fraction of sp³-hybridized carbons (Fsp3) is 0.136. The van der Waals surface area contributed by atoms with Gasteiger partial charge in [-0.3, -0.25) is 4.79 Å². The highest BCUT2D eigenvalue weighted by molar-refractivity contribution is 9.10. The molecule has 11 heteroatoms. The van der Waals surface area contributed by atoms with Gasteiger partial charge < -0.3 is 5.32 Å². The first-order valence-electron chi connectivity index (χ1n) is 9.72. The molecule has 0 fully saturated rings. The van der Waals surface area contributed by atoms with Gasteiger partial charge in [0.2, 0.25) is 0 Å². The third kappa shape index (κ3) is 5.42. The van der Waals surface area contributed by atoms with Crippen LogP contribution in [-0.4, -0.2) is 30.9 Å². The second kappa shape index (κ2) is 9.75. The van der Waals surface area contributed by atoms with Gasteiger partial charge in [-0.25, -0.2) is 23.4 Å². The van der Waals surface area contributed by atoms with Crippen molar-refractivity contribution in [2.45, 2.75) is 24.8 Å². The van der Waals surface area contributed by atoms with Crippen molar-refractivity contribution in [1.82, 2.24) is 25.0 Å². The molecule has 1 amide bonds. The zero-order chi connectivity index (χ0) is 23.5. The molecule has 4 rings (SSSR count). The second-order valence-corrected chi connectivity index (χ2v) is 8.93. The molecule has 0 bridgehead atoms. The summed E-state index contributed by atoms with van der Waals surface area (Å²) < 4.78 is 29.7. The molecule has 0 saturated heterocycles. The van der Waals surface area contributed by atoms with E-state index >= 15 is 0 Å². The highest BCUT2D eigenvalue weighted by atomic mass is 79.9. The van der Waals surface area contributed by atoms with Gasteiger partial charge in [-0.15, -0.1) is 5.10 Å². The molecule has 0 spiro atoms. The Hall–Kier alpha value is -3.18. The number of hydrogen-bond acceptors (Lipinski definition) is 6. The van der Waals surface area contributed by atoms with Crippen molar-refractivity contribution in [3.8, 4) is 5.69 Å². The predicted octanol–water partition coefficient (Wildman–Crippen LogP) is 5.26. The summed E-state index contributed by atoms with van der Waals surface area (Å²) in [5, 5.41) is 11.2. The predicted molar refractivity (Wildman–Crippen MR) is 124 cm³/mol. The molecule has 7 nitrogen and oxygen atoms in total. The van der Waals surface area contributed by atoms with Crippen LogP contribution in [0.15, 0.2) is 58.2 Å². The van der Waals surface area contributed by atoms with Gasteiger partial charge >= 0.3 is 0 Å². The number of hydrogen-bond donors (Lipinski definition) is 1. The van der Waals surface area contributed by atoms with Crippen LogP contribution in [0, 0.1) is 25.5 Å². The SMILES string of the molecule is Cc1cc(C)nc(SCc2c(C(=O)Nc3ccc(Br)cc3F)nnn2-c2ccc(F)cc2)n1. The number of aryl methyl sites for hydroxylation is 2. The number of carbonyl (C=O) groups excluding carboxylic acids is 1. The van der Waals surface area contributed by atoms with E-state index in [1.807, 2.05) is 19.9 Å². The minimum atomic E-state index is -0.624. The number of nitrogens with one attached hydrogen (secondary N) is 1. The molecule has 33 heavy (non-hydrogen) atoms. The largest absolute Gasteiger partial charge is 0.318 e. The van der Waals surface area contributed by atoms with E-state index in [4.69, 9.17) is 0 Å². The van der Waals surface area contributed by atoms with E-state index in [2.05, 4.69) is 41.5 Å². The Kier molecular flexibility index (Phi) is 6.80. The Labute approximate surface area is 200 Å². The average molecular weight is 531 g/mol. The van der Waals surface area contributed by atoms with Crippen LogP contribution in [0.25, 0.3) is 5.69 Å². The molecule has 0 aliphatic carbocycles. The molecule has 0 unspecified atom stereocenters. The van der Waals surface area contributed by atoms with Crippen molar-refractivity contribution in [2.24, 2.45) is 0 Å². The highest BCUT2D eigenvalue weighted by Crippen LogP contribution is 2.25. The van der Waals surface area contributed by atoms with Crippen molar-refractivity contribution in [3.63, 3.8) is 0 Å². The Morgan fingerprint density at radius 1 is 1.06 bits per heavy atom. The molecular formula is C22H17BrF2N6OS. The molecular weight excluding hydrogens is 514 g/mol. The number of thioether (sulfide) groups is 1. The summed E-state index contributed by atoms with van der Waals surface area (Å²) in [6, 6.07) is 11.8. The molecule has 0 aliphatic rings. The van der Waals surface area contributed by atoms with Crippen molar-refractivity contribution in [3.05, 3.63) is 87.4 Å². The maximum Gasteiger partial charge on any atom is 0.278 e. The van der Waals surface area contributed by atoms with E-state index in [9.17, 15) is 13.6 Å². The molecule has 4 aromatic rings. The Morgan fingerprint density at radius 2 is 1.76 bits per heavy atom. The van der Waals surface area contributed by atoms with Crippen LogP contribution >= 0.6 is 27.7 Å². The van der Waals surface area contributed by atoms with Gasteiger partial charge in [0.25, 0.3) is 5.91 Å². The minimum Gasteiger partial charge on any atom is -0.318 e. The molecule has 2 aromatic heterocycles. The monoisotopic (exact) mass is 530 g/mol. The maximum atomic E-state index is 14.2. The Bertz CT molecular complexity index is 1310. The molecule has 0 radical (unpaired) electrons. The van der Waals surface area contributed by atoms with E-state index in [-0.39, 0.29) is 17.1 Å². The highest BCUT2D eigenvalue weighted by Gasteiger charge is 2.22. The molecule has 0 atom stereocenters. The van der Waals surface area contributed by atoms with Crippen molar-refractivity contribution in [1.29, 1.82) is 0 Å². The van der Waals surface area contributed by atoms with Crippen LogP contribution in [0.3, 0.4) is 0 Å². The lowest BCUT2D eigenvalue weighted by molar-refractivity contribution is 0.102. The molecule has 2 aromatic carbocycles. The van der Waals surface area contributed by atoms with E-state index < -0.39 is 17.5 Å². The minimum absolute atomic E-state index is 0.00998. The second-order valence-electron chi connectivity index (χ2n) is 7.07. The standard InChI is InChI=1S/C22H17BrF2N6OS/c1-12-9-13(2)27-22(26-12)33-11-19-20(21(32)28-18-8-3-14(23)10-17(18)25)29-30-31(19)16-6-4-15(24)5-7-16/h3-10H,11H2,1-2H3,(H,28,32). The quantitative estimate of drug-likeness (QED) is 0.270. The summed E-state index contributed by atoms with van der Waals surface area (Å²) in [6.45, 7) is 3.74. The fourth-order valence-electron chi connectivity index (χ4n) is 3.06. The van der Waals surface area contributed by atoms with Gasteiger partial charge in [0.15, 0.2) is 10.9 Å². The first kappa shape index (κ1) is 23.0. The molecule has 1 N–H and O–H groups in total. The Balaban J connectivity index is 1.68. The summed E-state index contributed by atoms with van der Waals surface area (Å²) in [5.74, 6) is -1.37. The van der Waals surface area contributed by atoms with E-state index in [0.717, 1.165) is 11.4 Å². The zero-order valence-electron chi connectivity index (χ0n) is 17.5. The normalized spacial score (nSPS) is 10.9. The lowest BCUT2D eigenvalue weighted by Crippen LogP contribution is -2.16. The summed E-state index contributed by atoms with van der Waals surface area (Å²) in [5.41, 5.74) is 2.62. The molecule has 0 saturated carbocycles. The topological polar surface area (TPSA) is 85.6 Å². The van der Waals surface area contributed by atoms with Gasteiger partial charge in [0.1, 0.15) is 11.6 Å². The molecule has 0 aliphatic heterocycles. The van der Waals surface area contributed by atoms with Gasteiger partial charge in [0.05, 0.1) is 17.1 Å². The lowest BCUT2D eigenvalue weighted by Gasteiger charge is -2.09. The summed E-state index contributed by atoms with van der Waals surface area (Å²) in [6.07, 6.45) is 0. The van der Waals surface area contributed by atoms with Crippen molar-refractivity contribution < 1.29 is 13.6 Å². The number of aromatic nitrogens is 5. The van der Waals surface area contributed by atoms with Crippen molar-refractivity contribution in [2.75, 3.05) is 5.32 Å². The zero-order valence-corrected chi connectivity index (χ0v) is 19.9. The van der Waals surface area contributed by atoms with E-state index in [1.165, 1.54) is 52.8 Å². The maximum absolute atomic E-state index is 14.2. The van der Waals surface area contributed by atoms with Gasteiger partial charge in [-0.2, -0.15) is 0 Å². The lowest BCUT2D eigenvalue weighted by atomic mass is 10.2. The first-order chi connectivity index (χ1) is 15.8. The van der Waals surface area contributed by atoms with Crippen LogP contribution in [-0.2, 0) is 5.75 Å². The average Bonchev–Trinajstić information content (AvgIpc) is 3.18. The van der Waals surface area contributed by atoms with Crippen LogP contribution in [0.2, 0.25) is 0 Å². The number of nitrogens with zero attached hydrogens (tertiary/aromatic N) is 5. The summed E-state index contributed by atoms with van der Waals surface area (Å²) in [7, 11) is 0. The Morgan fingerprint density at radius 3 is 2.42 bits per heavy atom. The number of benzene rings is 2. The number of anilines is 1. The van der Waals surface area contributed by atoms with Crippen molar-refractivity contribution >= 4 is 39.3 Å². The van der Waals surface area contributed by atoms with E-state index in [0.29, 0.717) is 21.0 Å². The van der Waals surface area contributed by atoms with Crippen LogP contribution < -0.4 is 5.32 Å². The van der Waals surface area contributed by atoms with Crippen LogP contribution in [0.5, 0.6) is 0 Å². The number of carbonyl (C=O) groups is 1. The van der Waals surface area contributed by atoms with Gasteiger partial charge in [-0.1, -0.05) is 32.9 Å². The van der Waals surface area contributed by atoms with Crippen LogP contribution in [0.1, 0.15) is 27.6 Å². The fourth-order valence-corrected chi connectivity index (χ4v) is 4.34. The number of rotatable bonds is 6. The summed E-state index contributed by atoms with van der Waals surface area (Å²) in [4.78, 5) is 21.8. The molecule has 2 heterocycles. The number of halogens is 3. The number of amides is 1.